The summed E-state index contributed by atoms with van der Waals surface area (Å²) in [6.45, 7) is 0. The van der Waals surface area contributed by atoms with Crippen LogP contribution >= 0.6 is 0 Å². The molecule has 22 heavy (non-hydrogen) atoms. The molecular weight excluding hydrogens is 314 g/mol. The molecular formula is C13H10F6N2O. The first-order valence-electron chi connectivity index (χ1n) is 6.44. The van der Waals surface area contributed by atoms with E-state index < -0.39 is 24.3 Å². The molecule has 1 aromatic rings. The van der Waals surface area contributed by atoms with Crippen molar-refractivity contribution < 1.29 is 31.1 Å². The highest BCUT2D eigenvalue weighted by Crippen LogP contribution is 2.43. The number of nitrogens with zero attached hydrogens (tertiary/aromatic N) is 2. The Morgan fingerprint density at radius 2 is 1.77 bits per heavy atom. The normalized spacial score (nSPS) is 22.5. The molecule has 1 unspecified atom stereocenters. The summed E-state index contributed by atoms with van der Waals surface area (Å²) < 4.78 is 82.3. The van der Waals surface area contributed by atoms with Crippen molar-refractivity contribution in [2.45, 2.75) is 31.5 Å². The average molecular weight is 324 g/mol. The van der Waals surface area contributed by atoms with Crippen LogP contribution < -0.4 is 0 Å². The molecule has 0 radical (unpaired) electrons. The third-order valence-electron chi connectivity index (χ3n) is 3.35. The highest BCUT2D eigenvalue weighted by molar-refractivity contribution is 5.82. The lowest BCUT2D eigenvalue weighted by molar-refractivity contribution is -0.274. The van der Waals surface area contributed by atoms with E-state index in [1.807, 2.05) is 0 Å². The van der Waals surface area contributed by atoms with E-state index in [0.29, 0.717) is 18.9 Å². The molecule has 1 aliphatic carbocycles. The molecule has 0 spiro atoms. The summed E-state index contributed by atoms with van der Waals surface area (Å²) in [5.74, 6) is -0.250. The molecule has 0 N–H and O–H groups in total. The Balaban J connectivity index is 1.93. The van der Waals surface area contributed by atoms with Crippen molar-refractivity contribution in [3.8, 4) is 0 Å². The van der Waals surface area contributed by atoms with Gasteiger partial charge < -0.3 is 4.74 Å². The molecule has 0 saturated heterocycles. The minimum atomic E-state index is -4.84. The molecule has 9 heteroatoms. The molecule has 3 nitrogen and oxygen atoms in total. The molecule has 0 bridgehead atoms. The zero-order chi connectivity index (χ0) is 16.1. The minimum absolute atomic E-state index is 0.0697. The first kappa shape index (κ1) is 15.0. The van der Waals surface area contributed by atoms with Gasteiger partial charge in [-0.25, -0.2) is 0 Å². The van der Waals surface area contributed by atoms with Gasteiger partial charge in [-0.15, -0.1) is 18.3 Å². The number of rotatable bonds is 2. The van der Waals surface area contributed by atoms with Gasteiger partial charge in [-0.2, -0.15) is 18.2 Å². The van der Waals surface area contributed by atoms with E-state index >= 15 is 0 Å². The standard InChI is InChI=1S/C13H10F6N2O/c14-12(15,16)9-3-1-2-8(6-9)11-21(13(17,18)19)20-10(22-11)7-4-5-7/h1-3,6-7,11H,4-5H2. The summed E-state index contributed by atoms with van der Waals surface area (Å²) in [6, 6.07) is 3.64. The number of halogens is 6. The summed E-state index contributed by atoms with van der Waals surface area (Å²) in [5, 5.41) is 3.15. The van der Waals surface area contributed by atoms with Crippen LogP contribution in [0, 0.1) is 5.92 Å². The molecule has 1 aliphatic heterocycles. The first-order chi connectivity index (χ1) is 10.2. The van der Waals surface area contributed by atoms with Crippen molar-refractivity contribution in [1.82, 2.24) is 5.01 Å². The average Bonchev–Trinajstić information content (AvgIpc) is 3.15. The van der Waals surface area contributed by atoms with Crippen LogP contribution in [-0.2, 0) is 10.9 Å². The number of hydrogen-bond donors (Lipinski definition) is 0. The zero-order valence-electron chi connectivity index (χ0n) is 10.9. The summed E-state index contributed by atoms with van der Waals surface area (Å²) in [4.78, 5) is 0. The van der Waals surface area contributed by atoms with Gasteiger partial charge in [0, 0.05) is 11.5 Å². The Hall–Kier alpha value is -1.93. The van der Waals surface area contributed by atoms with Crippen molar-refractivity contribution in [3.63, 3.8) is 0 Å². The second-order valence-electron chi connectivity index (χ2n) is 5.12. The molecule has 0 amide bonds. The lowest BCUT2D eigenvalue weighted by atomic mass is 10.1. The second-order valence-corrected chi connectivity index (χ2v) is 5.12. The van der Waals surface area contributed by atoms with Crippen molar-refractivity contribution in [3.05, 3.63) is 35.4 Å². The third-order valence-corrected chi connectivity index (χ3v) is 3.35. The van der Waals surface area contributed by atoms with Crippen molar-refractivity contribution in [2.24, 2.45) is 11.0 Å². The molecule has 1 aromatic carbocycles. The van der Waals surface area contributed by atoms with Gasteiger partial charge in [-0.3, -0.25) is 0 Å². The van der Waals surface area contributed by atoms with Crippen LogP contribution in [0.2, 0.25) is 0 Å². The van der Waals surface area contributed by atoms with Crippen molar-refractivity contribution in [1.29, 1.82) is 0 Å². The molecule has 1 atom stereocenters. The van der Waals surface area contributed by atoms with Gasteiger partial charge >= 0.3 is 12.5 Å². The number of alkyl halides is 6. The fourth-order valence-corrected chi connectivity index (χ4v) is 2.12. The molecule has 1 fully saturated rings. The van der Waals surface area contributed by atoms with E-state index in [4.69, 9.17) is 4.74 Å². The van der Waals surface area contributed by atoms with Crippen LogP contribution in [0.3, 0.4) is 0 Å². The van der Waals surface area contributed by atoms with Gasteiger partial charge in [0.05, 0.1) is 5.56 Å². The number of benzene rings is 1. The van der Waals surface area contributed by atoms with Crippen LogP contribution in [0.15, 0.2) is 29.4 Å². The highest BCUT2D eigenvalue weighted by atomic mass is 19.4. The molecule has 0 aromatic heterocycles. The highest BCUT2D eigenvalue weighted by Gasteiger charge is 2.50. The Labute approximate surface area is 121 Å². The van der Waals surface area contributed by atoms with Gasteiger partial charge in [-0.05, 0) is 25.0 Å². The number of ether oxygens (including phenoxy) is 1. The topological polar surface area (TPSA) is 24.8 Å². The maximum atomic E-state index is 13.0. The Bertz CT molecular complexity index is 605. The van der Waals surface area contributed by atoms with Gasteiger partial charge in [0.15, 0.2) is 0 Å². The van der Waals surface area contributed by atoms with Crippen LogP contribution in [0.5, 0.6) is 0 Å². The van der Waals surface area contributed by atoms with Crippen LogP contribution in [-0.4, -0.2) is 17.2 Å². The first-order valence-corrected chi connectivity index (χ1v) is 6.44. The van der Waals surface area contributed by atoms with Gasteiger partial charge in [0.25, 0.3) is 0 Å². The van der Waals surface area contributed by atoms with Gasteiger partial charge in [0.1, 0.15) is 0 Å². The summed E-state index contributed by atoms with van der Waals surface area (Å²) >= 11 is 0. The predicted molar refractivity (Wildman–Crippen MR) is 63.3 cm³/mol. The zero-order valence-corrected chi connectivity index (χ0v) is 10.9. The molecule has 1 heterocycles. The summed E-state index contributed by atoms with van der Waals surface area (Å²) in [6.07, 6.45) is -9.87. The van der Waals surface area contributed by atoms with E-state index in [1.165, 1.54) is 0 Å². The SMILES string of the molecule is FC(F)(F)c1cccc(C2OC(C3CC3)=NN2C(F)(F)F)c1. The molecule has 3 rings (SSSR count). The van der Waals surface area contributed by atoms with E-state index in [1.54, 1.807) is 0 Å². The second kappa shape index (κ2) is 4.79. The van der Waals surface area contributed by atoms with E-state index in [-0.39, 0.29) is 22.4 Å². The Morgan fingerprint density at radius 3 is 2.32 bits per heavy atom. The fourth-order valence-electron chi connectivity index (χ4n) is 2.12. The Morgan fingerprint density at radius 1 is 1.09 bits per heavy atom. The minimum Gasteiger partial charge on any atom is -0.449 e. The monoisotopic (exact) mass is 324 g/mol. The van der Waals surface area contributed by atoms with Crippen LogP contribution in [0.25, 0.3) is 0 Å². The van der Waals surface area contributed by atoms with Crippen molar-refractivity contribution in [2.75, 3.05) is 0 Å². The van der Waals surface area contributed by atoms with E-state index in [2.05, 4.69) is 5.10 Å². The lowest BCUT2D eigenvalue weighted by Gasteiger charge is -2.24. The molecule has 120 valence electrons. The van der Waals surface area contributed by atoms with Crippen LogP contribution in [0.1, 0.15) is 30.2 Å². The van der Waals surface area contributed by atoms with Gasteiger partial charge in [0.2, 0.25) is 12.1 Å². The maximum absolute atomic E-state index is 13.0. The van der Waals surface area contributed by atoms with E-state index in [0.717, 1.165) is 18.2 Å². The van der Waals surface area contributed by atoms with E-state index in [9.17, 15) is 26.3 Å². The summed E-state index contributed by atoms with van der Waals surface area (Å²) in [5.41, 5.74) is -1.28. The predicted octanol–water partition coefficient (Wildman–Crippen LogP) is 4.28. The van der Waals surface area contributed by atoms with Crippen LogP contribution in [0.4, 0.5) is 26.3 Å². The number of hydrogen-bond acceptors (Lipinski definition) is 3. The van der Waals surface area contributed by atoms with Gasteiger partial charge in [-0.1, -0.05) is 12.1 Å². The quantitative estimate of drug-likeness (QED) is 0.599. The fraction of sp³-hybridized carbons (Fsp3) is 0.462. The smallest absolute Gasteiger partial charge is 0.449 e. The third kappa shape index (κ3) is 2.84. The Kier molecular flexibility index (Phi) is 3.26. The molecule has 2 aliphatic rings. The largest absolute Gasteiger partial charge is 0.504 e. The van der Waals surface area contributed by atoms with Crippen molar-refractivity contribution >= 4 is 5.90 Å². The molecule has 1 saturated carbocycles. The summed E-state index contributed by atoms with van der Waals surface area (Å²) in [7, 11) is 0. The maximum Gasteiger partial charge on any atom is 0.504 e. The number of hydrazone groups is 1. The lowest BCUT2D eigenvalue weighted by Crippen LogP contribution is -2.34.